The van der Waals surface area contributed by atoms with Gasteiger partial charge < -0.3 is 10.3 Å². The third kappa shape index (κ3) is 1.90. The molecule has 0 saturated heterocycles. The number of aryl methyl sites for hydroxylation is 2. The highest BCUT2D eigenvalue weighted by molar-refractivity contribution is 5.73. The number of nitrogen functional groups attached to an aromatic ring is 1. The fourth-order valence-corrected chi connectivity index (χ4v) is 2.12. The number of aromatic nitrogens is 3. The molecule has 2 N–H and O–H groups in total. The van der Waals surface area contributed by atoms with E-state index in [0.29, 0.717) is 11.9 Å². The average molecular weight is 230 g/mol. The lowest BCUT2D eigenvalue weighted by Crippen LogP contribution is -2.07. The fourth-order valence-electron chi connectivity index (χ4n) is 2.12. The first kappa shape index (κ1) is 11.6. The Morgan fingerprint density at radius 1 is 1.29 bits per heavy atom. The fraction of sp³-hybridized carbons (Fsp3) is 0.385. The van der Waals surface area contributed by atoms with Gasteiger partial charge in [0.2, 0.25) is 0 Å². The van der Waals surface area contributed by atoms with Gasteiger partial charge in [0.15, 0.2) is 0 Å². The van der Waals surface area contributed by atoms with Crippen molar-refractivity contribution >= 4 is 5.82 Å². The van der Waals surface area contributed by atoms with Gasteiger partial charge in [-0.25, -0.2) is 4.98 Å². The third-order valence-electron chi connectivity index (χ3n) is 2.93. The minimum atomic E-state index is 0.313. The first-order chi connectivity index (χ1) is 8.02. The predicted octanol–water partition coefficient (Wildman–Crippen LogP) is 2.73. The number of rotatable bonds is 2. The van der Waals surface area contributed by atoms with Crippen molar-refractivity contribution in [3.8, 4) is 11.3 Å². The van der Waals surface area contributed by atoms with E-state index in [0.717, 1.165) is 22.6 Å². The molecule has 2 rings (SSSR count). The van der Waals surface area contributed by atoms with Crippen molar-refractivity contribution in [1.82, 2.24) is 14.5 Å². The normalized spacial score (nSPS) is 11.1. The van der Waals surface area contributed by atoms with E-state index in [4.69, 9.17) is 5.73 Å². The van der Waals surface area contributed by atoms with Crippen molar-refractivity contribution in [2.45, 2.75) is 33.7 Å². The van der Waals surface area contributed by atoms with Crippen LogP contribution in [0, 0.1) is 13.8 Å². The van der Waals surface area contributed by atoms with E-state index in [1.807, 2.05) is 30.7 Å². The highest BCUT2D eigenvalue weighted by atomic mass is 15.2. The van der Waals surface area contributed by atoms with E-state index in [2.05, 4.69) is 23.8 Å². The van der Waals surface area contributed by atoms with Crippen molar-refractivity contribution < 1.29 is 0 Å². The Kier molecular flexibility index (Phi) is 2.88. The molecule has 0 atom stereocenters. The average Bonchev–Trinajstić information content (AvgIpc) is 2.55. The molecule has 0 unspecified atom stereocenters. The van der Waals surface area contributed by atoms with Crippen LogP contribution in [0.15, 0.2) is 18.5 Å². The topological polar surface area (TPSA) is 56.7 Å². The molecule has 0 radical (unpaired) electrons. The van der Waals surface area contributed by atoms with Gasteiger partial charge in [0.25, 0.3) is 0 Å². The molecule has 17 heavy (non-hydrogen) atoms. The minimum Gasteiger partial charge on any atom is -0.383 e. The van der Waals surface area contributed by atoms with Crippen LogP contribution in [-0.2, 0) is 0 Å². The molecule has 0 aliphatic carbocycles. The minimum absolute atomic E-state index is 0.313. The Hall–Kier alpha value is -1.84. The molecule has 4 nitrogen and oxygen atoms in total. The summed E-state index contributed by atoms with van der Waals surface area (Å²) in [7, 11) is 0. The van der Waals surface area contributed by atoms with Crippen molar-refractivity contribution in [2.24, 2.45) is 0 Å². The molecular weight excluding hydrogens is 212 g/mol. The second kappa shape index (κ2) is 4.20. The summed E-state index contributed by atoms with van der Waals surface area (Å²) in [6.45, 7) is 8.22. The van der Waals surface area contributed by atoms with Gasteiger partial charge in [0.05, 0.1) is 0 Å². The van der Waals surface area contributed by atoms with Crippen molar-refractivity contribution in [2.75, 3.05) is 5.73 Å². The van der Waals surface area contributed by atoms with Crippen LogP contribution in [0.1, 0.15) is 31.3 Å². The summed E-state index contributed by atoms with van der Waals surface area (Å²) in [5.41, 5.74) is 9.16. The van der Waals surface area contributed by atoms with Gasteiger partial charge in [-0.1, -0.05) is 0 Å². The number of imidazole rings is 1. The van der Waals surface area contributed by atoms with Gasteiger partial charge in [0, 0.05) is 24.0 Å². The van der Waals surface area contributed by atoms with Crippen molar-refractivity contribution in [1.29, 1.82) is 0 Å². The summed E-state index contributed by atoms with van der Waals surface area (Å²) in [4.78, 5) is 8.70. The lowest BCUT2D eigenvalue weighted by Gasteiger charge is -2.11. The van der Waals surface area contributed by atoms with E-state index in [1.54, 1.807) is 6.20 Å². The van der Waals surface area contributed by atoms with Gasteiger partial charge >= 0.3 is 0 Å². The van der Waals surface area contributed by atoms with Crippen molar-refractivity contribution in [3.05, 3.63) is 29.8 Å². The summed E-state index contributed by atoms with van der Waals surface area (Å²) in [5, 5.41) is 0. The molecule has 0 saturated carbocycles. The number of hydrogen-bond donors (Lipinski definition) is 1. The van der Waals surface area contributed by atoms with E-state index >= 15 is 0 Å². The Morgan fingerprint density at radius 3 is 2.53 bits per heavy atom. The molecule has 0 aliphatic heterocycles. The van der Waals surface area contributed by atoms with Crippen LogP contribution in [-0.4, -0.2) is 14.5 Å². The molecule has 4 heteroatoms. The maximum atomic E-state index is 6.18. The molecule has 2 aromatic heterocycles. The van der Waals surface area contributed by atoms with Crippen LogP contribution in [0.2, 0.25) is 0 Å². The number of anilines is 1. The Labute approximate surface area is 102 Å². The lowest BCUT2D eigenvalue weighted by molar-refractivity contribution is 0.590. The third-order valence-corrected chi connectivity index (χ3v) is 2.93. The second-order valence-electron chi connectivity index (χ2n) is 4.55. The SMILES string of the molecule is Cc1ccncc1-c1nc(C)n(C(C)C)c1N. The Morgan fingerprint density at radius 2 is 2.00 bits per heavy atom. The molecule has 0 aliphatic rings. The summed E-state index contributed by atoms with van der Waals surface area (Å²) in [6, 6.07) is 2.28. The zero-order valence-corrected chi connectivity index (χ0v) is 10.7. The standard InChI is InChI=1S/C13H18N4/c1-8(2)17-10(4)16-12(13(17)14)11-7-15-6-5-9(11)3/h5-8H,14H2,1-4H3. The molecule has 0 bridgehead atoms. The van der Waals surface area contributed by atoms with Gasteiger partial charge in [-0.2, -0.15) is 0 Å². The first-order valence-corrected chi connectivity index (χ1v) is 5.77. The van der Waals surface area contributed by atoms with E-state index in [-0.39, 0.29) is 0 Å². The molecule has 0 amide bonds. The monoisotopic (exact) mass is 230 g/mol. The lowest BCUT2D eigenvalue weighted by atomic mass is 10.1. The zero-order chi connectivity index (χ0) is 12.6. The maximum absolute atomic E-state index is 6.18. The highest BCUT2D eigenvalue weighted by Crippen LogP contribution is 2.30. The largest absolute Gasteiger partial charge is 0.383 e. The van der Waals surface area contributed by atoms with E-state index in [9.17, 15) is 0 Å². The smallest absolute Gasteiger partial charge is 0.132 e. The summed E-state index contributed by atoms with van der Waals surface area (Å²) in [5.74, 6) is 1.66. The van der Waals surface area contributed by atoms with Gasteiger partial charge in [-0.3, -0.25) is 4.98 Å². The van der Waals surface area contributed by atoms with Crippen LogP contribution >= 0.6 is 0 Å². The van der Waals surface area contributed by atoms with Crippen molar-refractivity contribution in [3.63, 3.8) is 0 Å². The molecule has 2 aromatic rings. The van der Waals surface area contributed by atoms with Crippen LogP contribution in [0.25, 0.3) is 11.3 Å². The summed E-state index contributed by atoms with van der Waals surface area (Å²) < 4.78 is 2.04. The Bertz CT molecular complexity index is 540. The molecular formula is C13H18N4. The van der Waals surface area contributed by atoms with Gasteiger partial charge in [-0.15, -0.1) is 0 Å². The summed E-state index contributed by atoms with van der Waals surface area (Å²) >= 11 is 0. The van der Waals surface area contributed by atoms with Gasteiger partial charge in [0.1, 0.15) is 17.3 Å². The molecule has 0 spiro atoms. The van der Waals surface area contributed by atoms with Crippen LogP contribution < -0.4 is 5.73 Å². The number of pyridine rings is 1. The highest BCUT2D eigenvalue weighted by Gasteiger charge is 2.16. The number of nitrogens with zero attached hydrogens (tertiary/aromatic N) is 3. The van der Waals surface area contributed by atoms with Gasteiger partial charge in [-0.05, 0) is 39.3 Å². The molecule has 90 valence electrons. The van der Waals surface area contributed by atoms with E-state index in [1.165, 1.54) is 0 Å². The van der Waals surface area contributed by atoms with Crippen LogP contribution in [0.3, 0.4) is 0 Å². The Balaban J connectivity index is 2.62. The second-order valence-corrected chi connectivity index (χ2v) is 4.55. The van der Waals surface area contributed by atoms with Crippen LogP contribution in [0.5, 0.6) is 0 Å². The molecule has 2 heterocycles. The predicted molar refractivity (Wildman–Crippen MR) is 69.7 cm³/mol. The number of nitrogens with two attached hydrogens (primary N) is 1. The van der Waals surface area contributed by atoms with Crippen LogP contribution in [0.4, 0.5) is 5.82 Å². The number of hydrogen-bond acceptors (Lipinski definition) is 3. The quantitative estimate of drug-likeness (QED) is 0.863. The molecule has 0 fully saturated rings. The van der Waals surface area contributed by atoms with E-state index < -0.39 is 0 Å². The molecule has 0 aromatic carbocycles. The maximum Gasteiger partial charge on any atom is 0.132 e. The first-order valence-electron chi connectivity index (χ1n) is 5.77. The summed E-state index contributed by atoms with van der Waals surface area (Å²) in [6.07, 6.45) is 3.60. The zero-order valence-electron chi connectivity index (χ0n) is 10.7.